The van der Waals surface area contributed by atoms with E-state index in [1.807, 2.05) is 57.2 Å². The Hall–Kier alpha value is -1.83. The first-order valence-electron chi connectivity index (χ1n) is 8.73. The lowest BCUT2D eigenvalue weighted by Crippen LogP contribution is -1.96. The van der Waals surface area contributed by atoms with Crippen LogP contribution in [0.4, 0.5) is 4.39 Å². The summed E-state index contributed by atoms with van der Waals surface area (Å²) in [7, 11) is 0. The Kier molecular flexibility index (Phi) is 9.04. The lowest BCUT2D eigenvalue weighted by atomic mass is 10.1. The summed E-state index contributed by atoms with van der Waals surface area (Å²) < 4.78 is 20.2. The van der Waals surface area contributed by atoms with Gasteiger partial charge in [0.25, 0.3) is 0 Å². The van der Waals surface area contributed by atoms with Gasteiger partial charge in [-0.3, -0.25) is 0 Å². The molecular weight excluding hydrogens is 287 g/mol. The van der Waals surface area contributed by atoms with Crippen molar-refractivity contribution < 1.29 is 9.13 Å². The molecule has 0 amide bonds. The molecule has 0 aliphatic rings. The fourth-order valence-electron chi connectivity index (χ4n) is 2.36. The van der Waals surface area contributed by atoms with Crippen LogP contribution in [0.3, 0.4) is 0 Å². The van der Waals surface area contributed by atoms with E-state index in [2.05, 4.69) is 6.92 Å². The predicted molar refractivity (Wildman–Crippen MR) is 96.8 cm³/mol. The second-order valence-corrected chi connectivity index (χ2v) is 5.41. The zero-order chi connectivity index (χ0) is 17.1. The van der Waals surface area contributed by atoms with Crippen molar-refractivity contribution in [3.63, 3.8) is 0 Å². The fourth-order valence-corrected chi connectivity index (χ4v) is 2.36. The van der Waals surface area contributed by atoms with Gasteiger partial charge in [-0.15, -0.1) is 0 Å². The maximum absolute atomic E-state index is 14.5. The maximum Gasteiger partial charge on any atom is 0.168 e. The number of hydrogen-bond donors (Lipinski definition) is 0. The number of benzene rings is 2. The van der Waals surface area contributed by atoms with Crippen molar-refractivity contribution in [1.29, 1.82) is 0 Å². The van der Waals surface area contributed by atoms with Gasteiger partial charge in [-0.25, -0.2) is 4.39 Å². The van der Waals surface area contributed by atoms with E-state index in [9.17, 15) is 4.39 Å². The van der Waals surface area contributed by atoms with Crippen molar-refractivity contribution in [2.75, 3.05) is 0 Å². The molecule has 0 saturated heterocycles. The minimum Gasteiger partial charge on any atom is -0.454 e. The summed E-state index contributed by atoms with van der Waals surface area (Å²) >= 11 is 0. The van der Waals surface area contributed by atoms with E-state index in [-0.39, 0.29) is 5.82 Å². The molecule has 0 bridgehead atoms. The molecular formula is C21H29FO. The zero-order valence-electron chi connectivity index (χ0n) is 14.9. The Bertz CT molecular complexity index is 578. The molecule has 0 aliphatic carbocycles. The van der Waals surface area contributed by atoms with Crippen molar-refractivity contribution >= 4 is 0 Å². The molecule has 0 saturated carbocycles. The Labute approximate surface area is 140 Å². The van der Waals surface area contributed by atoms with E-state index in [1.54, 1.807) is 6.07 Å². The monoisotopic (exact) mass is 316 g/mol. The van der Waals surface area contributed by atoms with Gasteiger partial charge in [-0.1, -0.05) is 70.4 Å². The quantitative estimate of drug-likeness (QED) is 0.496. The molecule has 0 N–H and O–H groups in total. The number of aryl methyl sites for hydroxylation is 2. The molecule has 0 spiro atoms. The number of unbranched alkanes of at least 4 members (excludes halogenated alkanes) is 3. The second-order valence-electron chi connectivity index (χ2n) is 5.41. The van der Waals surface area contributed by atoms with Crippen molar-refractivity contribution in [3.05, 3.63) is 59.4 Å². The average molecular weight is 316 g/mol. The highest BCUT2D eigenvalue weighted by Crippen LogP contribution is 2.29. The van der Waals surface area contributed by atoms with E-state index >= 15 is 0 Å². The third-order valence-electron chi connectivity index (χ3n) is 3.66. The van der Waals surface area contributed by atoms with Crippen LogP contribution >= 0.6 is 0 Å². The van der Waals surface area contributed by atoms with E-state index in [1.165, 1.54) is 12.8 Å². The number of para-hydroxylation sites is 1. The van der Waals surface area contributed by atoms with E-state index < -0.39 is 0 Å². The van der Waals surface area contributed by atoms with Crippen LogP contribution in [-0.2, 0) is 6.42 Å². The van der Waals surface area contributed by atoms with Crippen LogP contribution in [-0.4, -0.2) is 0 Å². The molecule has 0 unspecified atom stereocenters. The number of halogens is 1. The summed E-state index contributed by atoms with van der Waals surface area (Å²) in [6.45, 7) is 8.14. The Morgan fingerprint density at radius 1 is 0.870 bits per heavy atom. The highest BCUT2D eigenvalue weighted by atomic mass is 19.1. The minimum atomic E-state index is -0.225. The smallest absolute Gasteiger partial charge is 0.168 e. The first kappa shape index (κ1) is 19.2. The molecule has 2 rings (SSSR count). The van der Waals surface area contributed by atoms with Crippen LogP contribution < -0.4 is 4.74 Å². The lowest BCUT2D eigenvalue weighted by molar-refractivity contribution is 0.435. The second kappa shape index (κ2) is 10.8. The third kappa shape index (κ3) is 6.05. The third-order valence-corrected chi connectivity index (χ3v) is 3.66. The molecule has 0 atom stereocenters. The molecule has 1 nitrogen and oxygen atoms in total. The van der Waals surface area contributed by atoms with Crippen molar-refractivity contribution in [1.82, 2.24) is 0 Å². The topological polar surface area (TPSA) is 9.23 Å². The summed E-state index contributed by atoms with van der Waals surface area (Å²) in [5.74, 6) is 0.800. The van der Waals surface area contributed by atoms with Gasteiger partial charge in [0, 0.05) is 0 Å². The van der Waals surface area contributed by atoms with Gasteiger partial charge < -0.3 is 4.74 Å². The first-order valence-corrected chi connectivity index (χ1v) is 8.73. The van der Waals surface area contributed by atoms with Crippen molar-refractivity contribution in [2.24, 2.45) is 0 Å². The SMILES string of the molecule is CC.CCCCCCc1cccc(Oc2ccccc2C)c1F. The summed E-state index contributed by atoms with van der Waals surface area (Å²) in [5.41, 5.74) is 1.75. The van der Waals surface area contributed by atoms with Crippen molar-refractivity contribution in [3.8, 4) is 11.5 Å². The molecule has 0 radical (unpaired) electrons. The largest absolute Gasteiger partial charge is 0.454 e. The molecule has 126 valence electrons. The van der Waals surface area contributed by atoms with Crippen LogP contribution in [0, 0.1) is 12.7 Å². The summed E-state index contributed by atoms with van der Waals surface area (Å²) in [4.78, 5) is 0. The molecule has 0 fully saturated rings. The van der Waals surface area contributed by atoms with Gasteiger partial charge in [0.2, 0.25) is 0 Å². The fraction of sp³-hybridized carbons (Fsp3) is 0.429. The molecule has 2 aromatic rings. The Morgan fingerprint density at radius 3 is 2.26 bits per heavy atom. The van der Waals surface area contributed by atoms with Crippen LogP contribution in [0.25, 0.3) is 0 Å². The first-order chi connectivity index (χ1) is 11.2. The van der Waals surface area contributed by atoms with Gasteiger partial charge in [0.1, 0.15) is 5.75 Å². The molecule has 2 heteroatoms. The van der Waals surface area contributed by atoms with Gasteiger partial charge in [-0.2, -0.15) is 0 Å². The summed E-state index contributed by atoms with van der Waals surface area (Å²) in [5, 5.41) is 0. The van der Waals surface area contributed by atoms with Crippen molar-refractivity contribution in [2.45, 2.75) is 59.8 Å². The van der Waals surface area contributed by atoms with Gasteiger partial charge in [0.15, 0.2) is 11.6 Å². The van der Waals surface area contributed by atoms with Crippen LogP contribution in [0.5, 0.6) is 11.5 Å². The highest BCUT2D eigenvalue weighted by Gasteiger charge is 2.10. The summed E-state index contributed by atoms with van der Waals surface area (Å²) in [6.07, 6.45) is 5.36. The van der Waals surface area contributed by atoms with Crippen LogP contribution in [0.2, 0.25) is 0 Å². The average Bonchev–Trinajstić information content (AvgIpc) is 2.58. The lowest BCUT2D eigenvalue weighted by Gasteiger charge is -2.11. The van der Waals surface area contributed by atoms with Crippen LogP contribution in [0.15, 0.2) is 42.5 Å². The van der Waals surface area contributed by atoms with Crippen LogP contribution in [0.1, 0.15) is 57.6 Å². The van der Waals surface area contributed by atoms with E-state index in [0.717, 1.165) is 30.4 Å². The molecule has 0 aliphatic heterocycles. The highest BCUT2D eigenvalue weighted by molar-refractivity contribution is 5.39. The zero-order valence-corrected chi connectivity index (χ0v) is 14.9. The molecule has 0 aromatic heterocycles. The standard InChI is InChI=1S/C19H23FO.C2H6/c1-3-4-5-6-11-16-12-9-14-18(19(16)20)21-17-13-8-7-10-15(17)2;1-2/h7-10,12-14H,3-6,11H2,1-2H3;1-2H3. The number of ether oxygens (including phenoxy) is 1. The number of hydrogen-bond acceptors (Lipinski definition) is 1. The molecule has 23 heavy (non-hydrogen) atoms. The Morgan fingerprint density at radius 2 is 1.57 bits per heavy atom. The van der Waals surface area contributed by atoms with E-state index in [4.69, 9.17) is 4.74 Å². The van der Waals surface area contributed by atoms with Gasteiger partial charge in [-0.05, 0) is 43.0 Å². The summed E-state index contributed by atoms with van der Waals surface area (Å²) in [6, 6.07) is 13.1. The van der Waals surface area contributed by atoms with Gasteiger partial charge in [0.05, 0.1) is 0 Å². The minimum absolute atomic E-state index is 0.225. The van der Waals surface area contributed by atoms with Gasteiger partial charge >= 0.3 is 0 Å². The molecule has 0 heterocycles. The van der Waals surface area contributed by atoms with E-state index in [0.29, 0.717) is 11.5 Å². The maximum atomic E-state index is 14.5. The number of rotatable bonds is 7. The normalized spacial score (nSPS) is 9.96. The Balaban J connectivity index is 0.00000127. The molecule has 2 aromatic carbocycles. The predicted octanol–water partition coefficient (Wildman–Crippen LogP) is 7.08.